The molecule has 1 heterocycles. The number of rotatable bonds is 9. The van der Waals surface area contributed by atoms with Gasteiger partial charge in [0.15, 0.2) is 5.96 Å². The summed E-state index contributed by atoms with van der Waals surface area (Å²) in [7, 11) is 1.83. The van der Waals surface area contributed by atoms with Gasteiger partial charge in [-0.2, -0.15) is 0 Å². The van der Waals surface area contributed by atoms with Crippen LogP contribution >= 0.6 is 0 Å². The van der Waals surface area contributed by atoms with Crippen LogP contribution in [0.5, 0.6) is 0 Å². The van der Waals surface area contributed by atoms with Gasteiger partial charge in [-0.15, -0.1) is 0 Å². The van der Waals surface area contributed by atoms with E-state index in [2.05, 4.69) is 58.2 Å². The van der Waals surface area contributed by atoms with Crippen LogP contribution in [0, 0.1) is 0 Å². The minimum atomic E-state index is -0.0119. The Morgan fingerprint density at radius 2 is 1.81 bits per heavy atom. The van der Waals surface area contributed by atoms with Gasteiger partial charge in [0, 0.05) is 44.9 Å². The number of benzene rings is 1. The van der Waals surface area contributed by atoms with Crippen molar-refractivity contribution in [1.29, 1.82) is 0 Å². The number of hydrogen-bond donors (Lipinski definition) is 3. The monoisotopic (exact) mass is 430 g/mol. The van der Waals surface area contributed by atoms with Gasteiger partial charge in [0.1, 0.15) is 0 Å². The highest BCUT2D eigenvalue weighted by molar-refractivity contribution is 5.79. The molecule has 1 unspecified atom stereocenters. The number of nitrogens with zero attached hydrogens (tertiary/aromatic N) is 1. The summed E-state index contributed by atoms with van der Waals surface area (Å²) in [5.41, 5.74) is 1.30. The molecule has 0 bridgehead atoms. The Hall–Kier alpha value is -1.63. The van der Waals surface area contributed by atoms with E-state index in [1.165, 1.54) is 44.1 Å². The van der Waals surface area contributed by atoms with Crippen molar-refractivity contribution in [2.75, 3.05) is 40.0 Å². The topological polar surface area (TPSA) is 66.9 Å². The standard InChI is InChI=1S/C25H42N4O2/c1-21(22-10-6-5-7-11-22)29-25(14-17-30-18-15-25)20-28-24(26-2)27-16-19-31-23-12-8-3-4-9-13-23/h5-7,10-11,21,23,29H,3-4,8-9,12-20H2,1-2H3,(H2,26,27,28). The van der Waals surface area contributed by atoms with Crippen molar-refractivity contribution < 1.29 is 9.47 Å². The summed E-state index contributed by atoms with van der Waals surface area (Å²) in [6.07, 6.45) is 10.2. The molecule has 3 rings (SSSR count). The highest BCUT2D eigenvalue weighted by Crippen LogP contribution is 2.25. The fraction of sp³-hybridized carbons (Fsp3) is 0.720. The summed E-state index contributed by atoms with van der Waals surface area (Å²) >= 11 is 0. The van der Waals surface area contributed by atoms with Crippen LogP contribution in [-0.2, 0) is 9.47 Å². The molecule has 1 aromatic carbocycles. The molecule has 2 aliphatic rings. The summed E-state index contributed by atoms with van der Waals surface area (Å²) in [6, 6.07) is 10.9. The third-order valence-corrected chi connectivity index (χ3v) is 6.64. The fourth-order valence-corrected chi connectivity index (χ4v) is 4.70. The first-order chi connectivity index (χ1) is 15.2. The molecule has 1 aliphatic heterocycles. The Morgan fingerprint density at radius 3 is 2.48 bits per heavy atom. The number of hydrogen-bond acceptors (Lipinski definition) is 4. The first-order valence-electron chi connectivity index (χ1n) is 12.2. The maximum Gasteiger partial charge on any atom is 0.191 e. The van der Waals surface area contributed by atoms with Crippen LogP contribution in [0.1, 0.15) is 69.9 Å². The average molecular weight is 431 g/mol. The van der Waals surface area contributed by atoms with Crippen LogP contribution in [0.2, 0.25) is 0 Å². The van der Waals surface area contributed by atoms with Gasteiger partial charge >= 0.3 is 0 Å². The van der Waals surface area contributed by atoms with Gasteiger partial charge in [-0.3, -0.25) is 4.99 Å². The highest BCUT2D eigenvalue weighted by atomic mass is 16.5. The summed E-state index contributed by atoms with van der Waals surface area (Å²) in [4.78, 5) is 4.42. The molecule has 174 valence electrons. The van der Waals surface area contributed by atoms with Crippen LogP contribution < -0.4 is 16.0 Å². The summed E-state index contributed by atoms with van der Waals surface area (Å²) in [5, 5.41) is 10.9. The summed E-state index contributed by atoms with van der Waals surface area (Å²) in [6.45, 7) is 6.14. The van der Waals surface area contributed by atoms with Crippen LogP contribution in [0.4, 0.5) is 0 Å². The van der Waals surface area contributed by atoms with Crippen molar-refractivity contribution in [3.05, 3.63) is 35.9 Å². The highest BCUT2D eigenvalue weighted by Gasteiger charge is 2.34. The Kier molecular flexibility index (Phi) is 10.1. The molecule has 0 spiro atoms. The Labute approximate surface area is 188 Å². The van der Waals surface area contributed by atoms with E-state index >= 15 is 0 Å². The van der Waals surface area contributed by atoms with Crippen molar-refractivity contribution in [3.63, 3.8) is 0 Å². The second-order valence-electron chi connectivity index (χ2n) is 9.01. The number of nitrogens with one attached hydrogen (secondary N) is 3. The van der Waals surface area contributed by atoms with E-state index in [1.54, 1.807) is 0 Å². The SMILES string of the molecule is CN=C(NCCOC1CCCCCC1)NCC1(NC(C)c2ccccc2)CCOCC1. The van der Waals surface area contributed by atoms with Gasteiger partial charge in [-0.1, -0.05) is 56.0 Å². The molecule has 0 aromatic heterocycles. The molecule has 1 saturated heterocycles. The van der Waals surface area contributed by atoms with Gasteiger partial charge in [0.25, 0.3) is 0 Å². The molecule has 1 atom stereocenters. The lowest BCUT2D eigenvalue weighted by Crippen LogP contribution is -2.58. The fourth-order valence-electron chi connectivity index (χ4n) is 4.70. The molecule has 0 amide bonds. The predicted octanol–water partition coefficient (Wildman–Crippen LogP) is 3.79. The van der Waals surface area contributed by atoms with E-state index in [-0.39, 0.29) is 11.6 Å². The average Bonchev–Trinajstić information content (AvgIpc) is 3.09. The molecule has 3 N–H and O–H groups in total. The number of ether oxygens (including phenoxy) is 2. The maximum atomic E-state index is 6.10. The van der Waals surface area contributed by atoms with E-state index in [1.807, 2.05) is 7.05 Å². The molecular formula is C25H42N4O2. The number of guanidine groups is 1. The third-order valence-electron chi connectivity index (χ3n) is 6.64. The predicted molar refractivity (Wildman–Crippen MR) is 128 cm³/mol. The smallest absolute Gasteiger partial charge is 0.191 e. The molecule has 6 heteroatoms. The van der Waals surface area contributed by atoms with Gasteiger partial charge in [0.2, 0.25) is 0 Å². The molecule has 2 fully saturated rings. The van der Waals surface area contributed by atoms with Crippen LogP contribution in [0.15, 0.2) is 35.3 Å². The number of aliphatic imine (C=N–C) groups is 1. The quantitative estimate of drug-likeness (QED) is 0.241. The van der Waals surface area contributed by atoms with Crippen LogP contribution in [0.25, 0.3) is 0 Å². The minimum Gasteiger partial charge on any atom is -0.381 e. The molecule has 1 aromatic rings. The van der Waals surface area contributed by atoms with Crippen molar-refractivity contribution in [2.45, 2.75) is 76.0 Å². The zero-order valence-electron chi connectivity index (χ0n) is 19.5. The molecule has 31 heavy (non-hydrogen) atoms. The van der Waals surface area contributed by atoms with Gasteiger partial charge in [0.05, 0.1) is 12.7 Å². The lowest BCUT2D eigenvalue weighted by molar-refractivity contribution is 0.0353. The Balaban J connectivity index is 1.45. The second-order valence-corrected chi connectivity index (χ2v) is 9.01. The molecule has 1 saturated carbocycles. The summed E-state index contributed by atoms with van der Waals surface area (Å²) in [5.74, 6) is 0.837. The van der Waals surface area contributed by atoms with Crippen molar-refractivity contribution >= 4 is 5.96 Å². The van der Waals surface area contributed by atoms with Crippen molar-refractivity contribution in [2.24, 2.45) is 4.99 Å². The van der Waals surface area contributed by atoms with Crippen molar-refractivity contribution in [3.8, 4) is 0 Å². The van der Waals surface area contributed by atoms with Crippen LogP contribution in [0.3, 0.4) is 0 Å². The largest absolute Gasteiger partial charge is 0.381 e. The Bertz CT molecular complexity index is 638. The lowest BCUT2D eigenvalue weighted by Gasteiger charge is -2.41. The van der Waals surface area contributed by atoms with Crippen LogP contribution in [-0.4, -0.2) is 57.6 Å². The first kappa shape index (κ1) is 24.0. The molecule has 1 aliphatic carbocycles. The lowest BCUT2D eigenvalue weighted by atomic mass is 9.88. The summed E-state index contributed by atoms with van der Waals surface area (Å²) < 4.78 is 11.8. The van der Waals surface area contributed by atoms with E-state index in [4.69, 9.17) is 9.47 Å². The van der Waals surface area contributed by atoms with Gasteiger partial charge in [-0.05, 0) is 38.2 Å². The second kappa shape index (κ2) is 13.0. The van der Waals surface area contributed by atoms with Gasteiger partial charge in [-0.25, -0.2) is 0 Å². The van der Waals surface area contributed by atoms with E-state index in [0.29, 0.717) is 6.10 Å². The maximum absolute atomic E-state index is 6.10. The van der Waals surface area contributed by atoms with E-state index < -0.39 is 0 Å². The molecule has 0 radical (unpaired) electrons. The van der Waals surface area contributed by atoms with Crippen molar-refractivity contribution in [1.82, 2.24) is 16.0 Å². The zero-order chi connectivity index (χ0) is 21.8. The van der Waals surface area contributed by atoms with Gasteiger partial charge < -0.3 is 25.4 Å². The normalized spacial score (nSPS) is 21.3. The molecular weight excluding hydrogens is 388 g/mol. The Morgan fingerprint density at radius 1 is 1.10 bits per heavy atom. The van der Waals surface area contributed by atoms with E-state index in [0.717, 1.165) is 51.7 Å². The minimum absolute atomic E-state index is 0.0119. The molecule has 6 nitrogen and oxygen atoms in total. The third kappa shape index (κ3) is 8.09. The van der Waals surface area contributed by atoms with E-state index in [9.17, 15) is 0 Å². The zero-order valence-corrected chi connectivity index (χ0v) is 19.5. The first-order valence-corrected chi connectivity index (χ1v) is 12.2.